The number of primary amides is 1. The van der Waals surface area contributed by atoms with E-state index in [2.05, 4.69) is 22.0 Å². The van der Waals surface area contributed by atoms with Gasteiger partial charge in [-0.2, -0.15) is 0 Å². The highest BCUT2D eigenvalue weighted by atomic mass is 79.9. The van der Waals surface area contributed by atoms with Crippen LogP contribution in [0.1, 0.15) is 0 Å². The molecule has 1 rings (SSSR count). The molecule has 1 aromatic rings. The summed E-state index contributed by atoms with van der Waals surface area (Å²) in [7, 11) is 0. The number of pyridine rings is 1. The molecule has 0 unspecified atom stereocenters. The van der Waals surface area contributed by atoms with Crippen LogP contribution in [-0.4, -0.2) is 10.6 Å². The molecular formula is C6H4BrN2O2. The maximum absolute atomic E-state index is 10.9. The summed E-state index contributed by atoms with van der Waals surface area (Å²) in [6, 6.07) is 4.30. The van der Waals surface area contributed by atoms with Gasteiger partial charge in [0.15, 0.2) is 0 Å². The third-order valence-electron chi connectivity index (χ3n) is 1.06. The van der Waals surface area contributed by atoms with Crippen molar-refractivity contribution >= 4 is 22.0 Å². The molecule has 1 aromatic heterocycles. The third kappa shape index (κ3) is 1.48. The molecule has 0 aliphatic carbocycles. The van der Waals surface area contributed by atoms with E-state index in [-0.39, 0.29) is 0 Å². The largest absolute Gasteiger partial charge is 0.351 e. The van der Waals surface area contributed by atoms with Crippen molar-refractivity contribution in [1.29, 1.82) is 0 Å². The minimum absolute atomic E-state index is 0.303. The molecule has 1 heterocycles. The first-order chi connectivity index (χ1) is 5.13. The lowest BCUT2D eigenvalue weighted by molar-refractivity contribution is 0.249. The first kappa shape index (κ1) is 8.00. The number of nitrogens with zero attached hydrogens (tertiary/aromatic N) is 1. The summed E-state index contributed by atoms with van der Waals surface area (Å²) in [5, 5.41) is 0. The highest BCUT2D eigenvalue weighted by Gasteiger charge is 2.04. The average molecular weight is 216 g/mol. The fourth-order valence-corrected chi connectivity index (χ4v) is 1.11. The highest BCUT2D eigenvalue weighted by molar-refractivity contribution is 9.10. The fourth-order valence-electron chi connectivity index (χ4n) is 0.630. The molecule has 0 aromatic carbocycles. The Labute approximate surface area is 70.8 Å². The summed E-state index contributed by atoms with van der Waals surface area (Å²) in [5.41, 5.74) is 4.40. The number of amides is 1. The maximum atomic E-state index is 10.9. The van der Waals surface area contributed by atoms with E-state index in [1.807, 2.05) is 0 Å². The van der Waals surface area contributed by atoms with E-state index >= 15 is 0 Å². The number of rotatable bonds is 0. The van der Waals surface area contributed by atoms with Gasteiger partial charge in [0.25, 0.3) is 5.56 Å². The fraction of sp³-hybridized carbons (Fsp3) is 0. The van der Waals surface area contributed by atoms with Gasteiger partial charge in [-0.05, 0) is 28.1 Å². The van der Waals surface area contributed by atoms with Crippen molar-refractivity contribution in [1.82, 2.24) is 4.57 Å². The van der Waals surface area contributed by atoms with Crippen LogP contribution in [0.4, 0.5) is 4.79 Å². The van der Waals surface area contributed by atoms with Gasteiger partial charge < -0.3 is 5.73 Å². The van der Waals surface area contributed by atoms with Crippen LogP contribution in [0.25, 0.3) is 0 Å². The predicted molar refractivity (Wildman–Crippen MR) is 42.2 cm³/mol. The van der Waals surface area contributed by atoms with E-state index in [0.29, 0.717) is 4.60 Å². The lowest BCUT2D eigenvalue weighted by atomic mass is 10.5. The lowest BCUT2D eigenvalue weighted by Gasteiger charge is -1.99. The molecule has 5 heteroatoms. The Morgan fingerprint density at radius 1 is 1.64 bits per heavy atom. The minimum atomic E-state index is -0.809. The number of hydrogen-bond acceptors (Lipinski definition) is 2. The van der Waals surface area contributed by atoms with Crippen molar-refractivity contribution in [3.05, 3.63) is 33.2 Å². The van der Waals surface area contributed by atoms with Gasteiger partial charge >= 0.3 is 6.03 Å². The van der Waals surface area contributed by atoms with E-state index in [9.17, 15) is 9.59 Å². The molecule has 1 radical (unpaired) electrons. The quantitative estimate of drug-likeness (QED) is 0.635. The Morgan fingerprint density at radius 3 is 2.64 bits per heavy atom. The van der Waals surface area contributed by atoms with E-state index in [1.54, 1.807) is 0 Å². The predicted octanol–water partition coefficient (Wildman–Crippen LogP) is 0.338. The Bertz CT molecular complexity index is 345. The summed E-state index contributed by atoms with van der Waals surface area (Å²) in [5.74, 6) is 0. The van der Waals surface area contributed by atoms with Gasteiger partial charge in [0, 0.05) is 6.07 Å². The molecule has 0 atom stereocenters. The summed E-state index contributed by atoms with van der Waals surface area (Å²) >= 11 is 2.98. The van der Waals surface area contributed by atoms with Crippen LogP contribution in [0.3, 0.4) is 0 Å². The normalized spacial score (nSPS) is 9.55. The second kappa shape index (κ2) is 2.87. The Balaban J connectivity index is 3.45. The van der Waals surface area contributed by atoms with Gasteiger partial charge in [0.2, 0.25) is 0 Å². The van der Waals surface area contributed by atoms with Crippen LogP contribution in [0.5, 0.6) is 0 Å². The molecule has 0 bridgehead atoms. The number of carbonyl (C=O) groups is 1. The second-order valence-corrected chi connectivity index (χ2v) is 2.60. The SMILES string of the molecule is NC(=O)n1c(Br)c[c]cc1=O. The van der Waals surface area contributed by atoms with Gasteiger partial charge in [-0.15, -0.1) is 0 Å². The summed E-state index contributed by atoms with van der Waals surface area (Å²) in [4.78, 5) is 21.5. The maximum Gasteiger partial charge on any atom is 0.326 e. The number of nitrogens with two attached hydrogens (primary N) is 1. The monoisotopic (exact) mass is 215 g/mol. The van der Waals surface area contributed by atoms with Crippen LogP contribution in [-0.2, 0) is 0 Å². The van der Waals surface area contributed by atoms with Crippen LogP contribution >= 0.6 is 15.9 Å². The molecule has 0 aliphatic rings. The lowest BCUT2D eigenvalue weighted by Crippen LogP contribution is -2.31. The molecule has 0 aliphatic heterocycles. The van der Waals surface area contributed by atoms with Crippen LogP contribution in [0, 0.1) is 6.07 Å². The van der Waals surface area contributed by atoms with Crippen LogP contribution in [0.2, 0.25) is 0 Å². The first-order valence-corrected chi connectivity index (χ1v) is 3.50. The third-order valence-corrected chi connectivity index (χ3v) is 1.65. The van der Waals surface area contributed by atoms with Crippen molar-refractivity contribution in [2.75, 3.05) is 0 Å². The molecule has 11 heavy (non-hydrogen) atoms. The van der Waals surface area contributed by atoms with Gasteiger partial charge in [-0.25, -0.2) is 9.36 Å². The van der Waals surface area contributed by atoms with Crippen molar-refractivity contribution in [2.45, 2.75) is 0 Å². The Hall–Kier alpha value is -1.10. The Kier molecular flexibility index (Phi) is 2.09. The summed E-state index contributed by atoms with van der Waals surface area (Å²) in [6.07, 6.45) is 0. The van der Waals surface area contributed by atoms with Crippen molar-refractivity contribution in [2.24, 2.45) is 5.73 Å². The van der Waals surface area contributed by atoms with E-state index < -0.39 is 11.6 Å². The molecule has 2 N–H and O–H groups in total. The van der Waals surface area contributed by atoms with Crippen LogP contribution < -0.4 is 11.3 Å². The molecule has 0 saturated heterocycles. The van der Waals surface area contributed by atoms with E-state index in [1.165, 1.54) is 6.07 Å². The second-order valence-electron chi connectivity index (χ2n) is 1.79. The van der Waals surface area contributed by atoms with Gasteiger partial charge in [-0.1, -0.05) is 0 Å². The molecular weight excluding hydrogens is 212 g/mol. The average Bonchev–Trinajstić information content (AvgIpc) is 1.85. The highest BCUT2D eigenvalue weighted by Crippen LogP contribution is 2.03. The zero-order valence-electron chi connectivity index (χ0n) is 5.37. The van der Waals surface area contributed by atoms with Gasteiger partial charge in [0.05, 0.1) is 4.60 Å². The molecule has 4 nitrogen and oxygen atoms in total. The van der Waals surface area contributed by atoms with E-state index in [0.717, 1.165) is 10.6 Å². The van der Waals surface area contributed by atoms with Crippen molar-refractivity contribution < 1.29 is 4.79 Å². The van der Waals surface area contributed by atoms with Gasteiger partial charge in [-0.3, -0.25) is 4.79 Å². The topological polar surface area (TPSA) is 65.1 Å². The standard InChI is InChI=1S/C6H4BrN2O2/c7-4-2-1-3-5(10)9(4)6(8)11/h2-3H,(H2,8,11). The smallest absolute Gasteiger partial charge is 0.326 e. The van der Waals surface area contributed by atoms with E-state index in [4.69, 9.17) is 5.73 Å². The molecule has 0 fully saturated rings. The summed E-state index contributed by atoms with van der Waals surface area (Å²) in [6.45, 7) is 0. The van der Waals surface area contributed by atoms with Crippen molar-refractivity contribution in [3.63, 3.8) is 0 Å². The molecule has 57 valence electrons. The van der Waals surface area contributed by atoms with Crippen molar-refractivity contribution in [3.8, 4) is 0 Å². The number of aromatic nitrogens is 1. The minimum Gasteiger partial charge on any atom is -0.351 e. The molecule has 0 saturated carbocycles. The van der Waals surface area contributed by atoms with Gasteiger partial charge in [0.1, 0.15) is 0 Å². The molecule has 1 amide bonds. The first-order valence-electron chi connectivity index (χ1n) is 2.71. The zero-order chi connectivity index (χ0) is 8.43. The number of hydrogen-bond donors (Lipinski definition) is 1. The zero-order valence-corrected chi connectivity index (χ0v) is 6.96. The summed E-state index contributed by atoms with van der Waals surface area (Å²) < 4.78 is 1.11. The number of halogens is 1. The Morgan fingerprint density at radius 2 is 2.27 bits per heavy atom. The van der Waals surface area contributed by atoms with Crippen LogP contribution in [0.15, 0.2) is 21.5 Å². The number of carbonyl (C=O) groups excluding carboxylic acids is 1. The molecule has 0 spiro atoms.